The summed E-state index contributed by atoms with van der Waals surface area (Å²) < 4.78 is 10.8. The van der Waals surface area contributed by atoms with E-state index in [0.717, 1.165) is 6.61 Å². The number of methoxy groups -OCH3 is 1. The third kappa shape index (κ3) is 4.60. The Bertz CT molecular complexity index is 117. The van der Waals surface area contributed by atoms with Gasteiger partial charge in [-0.2, -0.15) is 0 Å². The van der Waals surface area contributed by atoms with Gasteiger partial charge in [-0.3, -0.25) is 0 Å². The molecule has 0 aliphatic heterocycles. The minimum Gasteiger partial charge on any atom is -0.383 e. The summed E-state index contributed by atoms with van der Waals surface area (Å²) in [7, 11) is 3.66. The summed E-state index contributed by atoms with van der Waals surface area (Å²) in [5.41, 5.74) is 0. The molecule has 0 rings (SSSR count). The second-order valence-corrected chi connectivity index (χ2v) is 3.51. The minimum atomic E-state index is 0.231. The van der Waals surface area contributed by atoms with Crippen LogP contribution in [0.4, 0.5) is 0 Å². The van der Waals surface area contributed by atoms with Gasteiger partial charge in [0, 0.05) is 13.7 Å². The summed E-state index contributed by atoms with van der Waals surface area (Å²) in [4.78, 5) is 0. The van der Waals surface area contributed by atoms with Crippen LogP contribution in [-0.2, 0) is 9.47 Å². The number of ether oxygens (including phenoxy) is 2. The average Bonchev–Trinajstić information content (AvgIpc) is 2.10. The molecule has 0 aromatic heterocycles. The van der Waals surface area contributed by atoms with Crippen LogP contribution in [0.2, 0.25) is 0 Å². The highest BCUT2D eigenvalue weighted by molar-refractivity contribution is 4.78. The zero-order valence-electron chi connectivity index (χ0n) is 9.46. The van der Waals surface area contributed by atoms with Crippen molar-refractivity contribution in [2.75, 3.05) is 27.4 Å². The van der Waals surface area contributed by atoms with Crippen molar-refractivity contribution in [2.24, 2.45) is 5.92 Å². The summed E-state index contributed by atoms with van der Waals surface area (Å²) in [6.45, 7) is 7.81. The van der Waals surface area contributed by atoms with Gasteiger partial charge in [-0.15, -0.1) is 0 Å². The van der Waals surface area contributed by atoms with E-state index in [1.165, 1.54) is 0 Å². The molecule has 80 valence electrons. The molecule has 1 N–H and O–H groups in total. The molecule has 0 heterocycles. The standard InChI is InChI=1S/C10H23NO2/c1-6-13-10(8(2)3)9(11-4)7-12-5/h8-11H,6-7H2,1-5H3. The molecule has 0 radical (unpaired) electrons. The van der Waals surface area contributed by atoms with E-state index in [1.807, 2.05) is 14.0 Å². The molecular formula is C10H23NO2. The van der Waals surface area contributed by atoms with Gasteiger partial charge in [0.1, 0.15) is 0 Å². The molecule has 0 saturated heterocycles. The van der Waals surface area contributed by atoms with E-state index in [2.05, 4.69) is 19.2 Å². The van der Waals surface area contributed by atoms with Gasteiger partial charge in [0.25, 0.3) is 0 Å². The predicted octanol–water partition coefficient (Wildman–Crippen LogP) is 1.28. The third-order valence-corrected chi connectivity index (χ3v) is 2.13. The Hall–Kier alpha value is -0.120. The maximum absolute atomic E-state index is 5.67. The highest BCUT2D eigenvalue weighted by Gasteiger charge is 2.23. The third-order valence-electron chi connectivity index (χ3n) is 2.13. The number of hydrogen-bond donors (Lipinski definition) is 1. The molecule has 2 atom stereocenters. The number of rotatable bonds is 7. The SMILES string of the molecule is CCOC(C(C)C)C(COC)NC. The van der Waals surface area contributed by atoms with Crippen LogP contribution < -0.4 is 5.32 Å². The second-order valence-electron chi connectivity index (χ2n) is 3.51. The molecule has 2 unspecified atom stereocenters. The van der Waals surface area contributed by atoms with E-state index in [9.17, 15) is 0 Å². The monoisotopic (exact) mass is 189 g/mol. The van der Waals surface area contributed by atoms with E-state index in [4.69, 9.17) is 9.47 Å². The first-order chi connectivity index (χ1) is 6.17. The van der Waals surface area contributed by atoms with Crippen LogP contribution in [0.15, 0.2) is 0 Å². The van der Waals surface area contributed by atoms with Crippen molar-refractivity contribution in [3.63, 3.8) is 0 Å². The molecule has 0 aliphatic rings. The average molecular weight is 189 g/mol. The molecule has 0 aromatic rings. The van der Waals surface area contributed by atoms with Gasteiger partial charge in [-0.25, -0.2) is 0 Å². The van der Waals surface area contributed by atoms with Crippen molar-refractivity contribution in [1.29, 1.82) is 0 Å². The van der Waals surface area contributed by atoms with Gasteiger partial charge in [-0.1, -0.05) is 13.8 Å². The second kappa shape index (κ2) is 7.30. The minimum absolute atomic E-state index is 0.231. The molecule has 3 heteroatoms. The Labute approximate surface area is 81.8 Å². The van der Waals surface area contributed by atoms with Crippen molar-refractivity contribution >= 4 is 0 Å². The lowest BCUT2D eigenvalue weighted by Gasteiger charge is -2.29. The summed E-state index contributed by atoms with van der Waals surface area (Å²) in [5, 5.41) is 3.22. The van der Waals surface area contributed by atoms with E-state index in [0.29, 0.717) is 12.5 Å². The van der Waals surface area contributed by atoms with Gasteiger partial charge >= 0.3 is 0 Å². The van der Waals surface area contributed by atoms with Crippen LogP contribution in [0.25, 0.3) is 0 Å². The topological polar surface area (TPSA) is 30.5 Å². The molecule has 0 aromatic carbocycles. The van der Waals surface area contributed by atoms with Crippen molar-refractivity contribution in [3.05, 3.63) is 0 Å². The Balaban J connectivity index is 4.11. The lowest BCUT2D eigenvalue weighted by molar-refractivity contribution is -0.0147. The Morgan fingerprint density at radius 3 is 2.23 bits per heavy atom. The Morgan fingerprint density at radius 2 is 1.92 bits per heavy atom. The normalized spacial score (nSPS) is 16.2. The largest absolute Gasteiger partial charge is 0.383 e. The first kappa shape index (κ1) is 12.9. The van der Waals surface area contributed by atoms with Crippen LogP contribution in [-0.4, -0.2) is 39.5 Å². The fraction of sp³-hybridized carbons (Fsp3) is 1.00. The van der Waals surface area contributed by atoms with E-state index >= 15 is 0 Å². The van der Waals surface area contributed by atoms with Gasteiger partial charge in [0.2, 0.25) is 0 Å². The van der Waals surface area contributed by atoms with Gasteiger partial charge in [0.05, 0.1) is 18.8 Å². The van der Waals surface area contributed by atoms with Crippen LogP contribution >= 0.6 is 0 Å². The van der Waals surface area contributed by atoms with E-state index in [1.54, 1.807) is 7.11 Å². The maximum Gasteiger partial charge on any atom is 0.0773 e. The predicted molar refractivity (Wildman–Crippen MR) is 55.0 cm³/mol. The quantitative estimate of drug-likeness (QED) is 0.654. The lowest BCUT2D eigenvalue weighted by Crippen LogP contribution is -2.45. The highest BCUT2D eigenvalue weighted by Crippen LogP contribution is 2.11. The number of likely N-dealkylation sites (N-methyl/N-ethyl adjacent to an activating group) is 1. The number of nitrogens with one attached hydrogen (secondary N) is 1. The zero-order chi connectivity index (χ0) is 10.3. The molecule has 3 nitrogen and oxygen atoms in total. The van der Waals surface area contributed by atoms with Crippen molar-refractivity contribution in [2.45, 2.75) is 32.9 Å². The summed E-state index contributed by atoms with van der Waals surface area (Å²) in [6.07, 6.45) is 0.231. The smallest absolute Gasteiger partial charge is 0.0773 e. The van der Waals surface area contributed by atoms with Gasteiger partial charge in [-0.05, 0) is 19.9 Å². The van der Waals surface area contributed by atoms with Crippen molar-refractivity contribution < 1.29 is 9.47 Å². The molecule has 0 amide bonds. The molecular weight excluding hydrogens is 166 g/mol. The first-order valence-electron chi connectivity index (χ1n) is 4.95. The van der Waals surface area contributed by atoms with E-state index in [-0.39, 0.29) is 12.1 Å². The zero-order valence-corrected chi connectivity index (χ0v) is 9.46. The fourth-order valence-electron chi connectivity index (χ4n) is 1.49. The molecule has 0 bridgehead atoms. The lowest BCUT2D eigenvalue weighted by atomic mass is 10.00. The molecule has 0 aliphatic carbocycles. The molecule has 0 fully saturated rings. The Morgan fingerprint density at radius 1 is 1.31 bits per heavy atom. The summed E-state index contributed by atoms with van der Waals surface area (Å²) in [6, 6.07) is 0.282. The van der Waals surface area contributed by atoms with Crippen molar-refractivity contribution in [3.8, 4) is 0 Å². The van der Waals surface area contributed by atoms with Crippen molar-refractivity contribution in [1.82, 2.24) is 5.32 Å². The fourth-order valence-corrected chi connectivity index (χ4v) is 1.49. The van der Waals surface area contributed by atoms with Gasteiger partial charge < -0.3 is 14.8 Å². The molecule has 0 saturated carbocycles. The van der Waals surface area contributed by atoms with Gasteiger partial charge in [0.15, 0.2) is 0 Å². The molecule has 0 spiro atoms. The maximum atomic E-state index is 5.67. The highest BCUT2D eigenvalue weighted by atomic mass is 16.5. The summed E-state index contributed by atoms with van der Waals surface area (Å²) in [5.74, 6) is 0.507. The van der Waals surface area contributed by atoms with Crippen LogP contribution in [0.1, 0.15) is 20.8 Å². The van der Waals surface area contributed by atoms with Crippen LogP contribution in [0, 0.1) is 5.92 Å². The van der Waals surface area contributed by atoms with Crippen LogP contribution in [0.3, 0.4) is 0 Å². The van der Waals surface area contributed by atoms with E-state index < -0.39 is 0 Å². The molecule has 13 heavy (non-hydrogen) atoms. The Kier molecular flexibility index (Phi) is 7.23. The number of hydrogen-bond acceptors (Lipinski definition) is 3. The van der Waals surface area contributed by atoms with Crippen LogP contribution in [0.5, 0.6) is 0 Å². The first-order valence-corrected chi connectivity index (χ1v) is 4.95. The summed E-state index contributed by atoms with van der Waals surface area (Å²) >= 11 is 0.